The molecule has 0 bridgehead atoms. The summed E-state index contributed by atoms with van der Waals surface area (Å²) in [6.45, 7) is -0.175. The SMILES string of the molecule is COc1ccc(Cl)cc1NC(=O)CN(C)C(=O)c1ccc(F)cc1. The first-order chi connectivity index (χ1) is 11.4. The molecule has 0 aliphatic rings. The highest BCUT2D eigenvalue weighted by Gasteiger charge is 2.16. The summed E-state index contributed by atoms with van der Waals surface area (Å²) in [6, 6.07) is 9.94. The number of likely N-dealkylation sites (N-methyl/N-ethyl adjacent to an activating group) is 1. The zero-order valence-electron chi connectivity index (χ0n) is 13.2. The topological polar surface area (TPSA) is 58.6 Å². The summed E-state index contributed by atoms with van der Waals surface area (Å²) in [5, 5.41) is 3.09. The lowest BCUT2D eigenvalue weighted by Crippen LogP contribution is -2.35. The second-order valence-electron chi connectivity index (χ2n) is 5.06. The predicted octanol–water partition coefficient (Wildman–Crippen LogP) is 3.20. The molecule has 2 rings (SSSR count). The van der Waals surface area contributed by atoms with Crippen molar-refractivity contribution < 1.29 is 18.7 Å². The molecule has 24 heavy (non-hydrogen) atoms. The van der Waals surface area contributed by atoms with Crippen LogP contribution in [0, 0.1) is 5.82 Å². The Balaban J connectivity index is 2.02. The third-order valence-electron chi connectivity index (χ3n) is 3.25. The fourth-order valence-corrected chi connectivity index (χ4v) is 2.24. The van der Waals surface area contributed by atoms with Gasteiger partial charge in [0.05, 0.1) is 19.3 Å². The molecule has 0 aliphatic heterocycles. The van der Waals surface area contributed by atoms with Gasteiger partial charge in [0, 0.05) is 17.6 Å². The highest BCUT2D eigenvalue weighted by atomic mass is 35.5. The van der Waals surface area contributed by atoms with E-state index in [1.54, 1.807) is 18.2 Å². The number of benzene rings is 2. The monoisotopic (exact) mass is 350 g/mol. The molecule has 5 nitrogen and oxygen atoms in total. The standard InChI is InChI=1S/C17H16ClFN2O3/c1-21(17(23)11-3-6-13(19)7-4-11)10-16(22)20-14-9-12(18)5-8-15(14)24-2/h3-9H,10H2,1-2H3,(H,20,22). The van der Waals surface area contributed by atoms with Crippen molar-refractivity contribution in [1.82, 2.24) is 4.90 Å². The van der Waals surface area contributed by atoms with E-state index in [-0.39, 0.29) is 12.5 Å². The highest BCUT2D eigenvalue weighted by molar-refractivity contribution is 6.31. The second-order valence-corrected chi connectivity index (χ2v) is 5.50. The third-order valence-corrected chi connectivity index (χ3v) is 3.49. The number of hydrogen-bond donors (Lipinski definition) is 1. The minimum Gasteiger partial charge on any atom is -0.495 e. The number of methoxy groups -OCH3 is 1. The van der Waals surface area contributed by atoms with Crippen LogP contribution in [0.25, 0.3) is 0 Å². The molecule has 0 aromatic heterocycles. The number of halogens is 2. The van der Waals surface area contributed by atoms with Crippen LogP contribution in [-0.2, 0) is 4.79 Å². The lowest BCUT2D eigenvalue weighted by Gasteiger charge is -2.17. The van der Waals surface area contributed by atoms with Crippen LogP contribution in [0.4, 0.5) is 10.1 Å². The summed E-state index contributed by atoms with van der Waals surface area (Å²) in [7, 11) is 2.96. The smallest absolute Gasteiger partial charge is 0.254 e. The van der Waals surface area contributed by atoms with Crippen molar-refractivity contribution in [2.24, 2.45) is 0 Å². The molecule has 0 heterocycles. The Hall–Kier alpha value is -2.60. The molecule has 1 N–H and O–H groups in total. The lowest BCUT2D eigenvalue weighted by molar-refractivity contribution is -0.116. The number of amides is 2. The molecule has 7 heteroatoms. The largest absolute Gasteiger partial charge is 0.495 e. The number of carbonyl (C=O) groups excluding carboxylic acids is 2. The maximum atomic E-state index is 12.9. The zero-order valence-corrected chi connectivity index (χ0v) is 13.9. The van der Waals surface area contributed by atoms with Crippen LogP contribution in [0.15, 0.2) is 42.5 Å². The van der Waals surface area contributed by atoms with Crippen molar-refractivity contribution in [2.75, 3.05) is 26.0 Å². The first-order valence-corrected chi connectivity index (χ1v) is 7.43. The predicted molar refractivity (Wildman–Crippen MR) is 90.0 cm³/mol. The van der Waals surface area contributed by atoms with Gasteiger partial charge < -0.3 is 15.0 Å². The van der Waals surface area contributed by atoms with Crippen molar-refractivity contribution in [3.8, 4) is 5.75 Å². The highest BCUT2D eigenvalue weighted by Crippen LogP contribution is 2.27. The van der Waals surface area contributed by atoms with Gasteiger partial charge in [-0.15, -0.1) is 0 Å². The van der Waals surface area contributed by atoms with Crippen LogP contribution >= 0.6 is 11.6 Å². The van der Waals surface area contributed by atoms with Crippen molar-refractivity contribution in [3.63, 3.8) is 0 Å². The van der Waals surface area contributed by atoms with Crippen LogP contribution in [0.3, 0.4) is 0 Å². The molecule has 2 amide bonds. The van der Waals surface area contributed by atoms with Crippen molar-refractivity contribution >= 4 is 29.1 Å². The Morgan fingerprint density at radius 3 is 2.50 bits per heavy atom. The van der Waals surface area contributed by atoms with E-state index in [1.165, 1.54) is 43.3 Å². The molecule has 2 aromatic carbocycles. The number of rotatable bonds is 5. The summed E-state index contributed by atoms with van der Waals surface area (Å²) in [6.07, 6.45) is 0. The Labute approximate surface area is 144 Å². The van der Waals surface area contributed by atoms with Gasteiger partial charge >= 0.3 is 0 Å². The summed E-state index contributed by atoms with van der Waals surface area (Å²) in [5.74, 6) is -0.767. The number of nitrogens with zero attached hydrogens (tertiary/aromatic N) is 1. The van der Waals surface area contributed by atoms with Crippen molar-refractivity contribution in [1.29, 1.82) is 0 Å². The number of nitrogens with one attached hydrogen (secondary N) is 1. The average molecular weight is 351 g/mol. The van der Waals surface area contributed by atoms with E-state index in [4.69, 9.17) is 16.3 Å². The van der Waals surface area contributed by atoms with Gasteiger partial charge in [-0.2, -0.15) is 0 Å². The first-order valence-electron chi connectivity index (χ1n) is 7.05. The molecule has 0 unspecified atom stereocenters. The Kier molecular flexibility index (Phi) is 5.76. The van der Waals surface area contributed by atoms with E-state index >= 15 is 0 Å². The molecule has 0 aliphatic carbocycles. The number of anilines is 1. The van der Waals surface area contributed by atoms with Crippen molar-refractivity contribution in [2.45, 2.75) is 0 Å². The maximum absolute atomic E-state index is 12.9. The molecule has 0 fully saturated rings. The van der Waals surface area contributed by atoms with Gasteiger partial charge in [-0.3, -0.25) is 9.59 Å². The fraction of sp³-hybridized carbons (Fsp3) is 0.176. The first kappa shape index (κ1) is 17.7. The van der Waals surface area contributed by atoms with Crippen LogP contribution in [0.2, 0.25) is 5.02 Å². The van der Waals surface area contributed by atoms with Gasteiger partial charge in [0.1, 0.15) is 11.6 Å². The zero-order chi connectivity index (χ0) is 17.7. The van der Waals surface area contributed by atoms with Gasteiger partial charge in [-0.25, -0.2) is 4.39 Å². The van der Waals surface area contributed by atoms with Gasteiger partial charge in [0.2, 0.25) is 5.91 Å². The average Bonchev–Trinajstić information content (AvgIpc) is 2.55. The van der Waals surface area contributed by atoms with E-state index in [0.29, 0.717) is 22.0 Å². The van der Waals surface area contributed by atoms with Gasteiger partial charge in [-0.05, 0) is 42.5 Å². The second kappa shape index (κ2) is 7.79. The van der Waals surface area contributed by atoms with E-state index in [1.807, 2.05) is 0 Å². The van der Waals surface area contributed by atoms with E-state index in [0.717, 1.165) is 0 Å². The summed E-state index contributed by atoms with van der Waals surface area (Å²) < 4.78 is 18.0. The minimum absolute atomic E-state index is 0.175. The summed E-state index contributed by atoms with van der Waals surface area (Å²) >= 11 is 5.90. The molecule has 126 valence electrons. The van der Waals surface area contributed by atoms with Crippen LogP contribution < -0.4 is 10.1 Å². The minimum atomic E-state index is -0.431. The molecule has 2 aromatic rings. The number of ether oxygens (including phenoxy) is 1. The molecule has 0 saturated carbocycles. The fourth-order valence-electron chi connectivity index (χ4n) is 2.07. The van der Waals surface area contributed by atoms with Crippen LogP contribution in [-0.4, -0.2) is 37.4 Å². The van der Waals surface area contributed by atoms with Crippen LogP contribution in [0.5, 0.6) is 5.75 Å². The third kappa shape index (κ3) is 4.45. The normalized spacial score (nSPS) is 10.2. The van der Waals surface area contributed by atoms with E-state index in [2.05, 4.69) is 5.32 Å². The van der Waals surface area contributed by atoms with Crippen molar-refractivity contribution in [3.05, 3.63) is 58.9 Å². The quantitative estimate of drug-likeness (QED) is 0.900. The van der Waals surface area contributed by atoms with Crippen LogP contribution in [0.1, 0.15) is 10.4 Å². The molecule has 0 saturated heterocycles. The molecule has 0 radical (unpaired) electrons. The van der Waals surface area contributed by atoms with Gasteiger partial charge in [0.25, 0.3) is 5.91 Å². The molecule has 0 spiro atoms. The van der Waals surface area contributed by atoms with Gasteiger partial charge in [-0.1, -0.05) is 11.6 Å². The Morgan fingerprint density at radius 2 is 1.88 bits per heavy atom. The Bertz CT molecular complexity index is 750. The maximum Gasteiger partial charge on any atom is 0.254 e. The van der Waals surface area contributed by atoms with Gasteiger partial charge in [0.15, 0.2) is 0 Å². The number of hydrogen-bond acceptors (Lipinski definition) is 3. The lowest BCUT2D eigenvalue weighted by atomic mass is 10.2. The van der Waals surface area contributed by atoms with E-state index in [9.17, 15) is 14.0 Å². The van der Waals surface area contributed by atoms with E-state index < -0.39 is 11.7 Å². The number of carbonyl (C=O) groups is 2. The molecular weight excluding hydrogens is 335 g/mol. The molecule has 0 atom stereocenters. The summed E-state index contributed by atoms with van der Waals surface area (Å²) in [4.78, 5) is 25.6. The summed E-state index contributed by atoms with van der Waals surface area (Å²) in [5.41, 5.74) is 0.713. The Morgan fingerprint density at radius 1 is 1.21 bits per heavy atom. The molecular formula is C17H16ClFN2O3.